The van der Waals surface area contributed by atoms with Crippen molar-refractivity contribution in [3.8, 4) is 0 Å². The molecule has 1 saturated heterocycles. The molecule has 2 atom stereocenters. The zero-order chi connectivity index (χ0) is 12.5. The van der Waals surface area contributed by atoms with Crippen molar-refractivity contribution >= 4 is 5.69 Å². The molecule has 0 spiro atoms. The van der Waals surface area contributed by atoms with Gasteiger partial charge in [0.1, 0.15) is 0 Å². The van der Waals surface area contributed by atoms with Crippen LogP contribution in [0, 0.1) is 0 Å². The first-order valence-electron chi connectivity index (χ1n) is 7.35. The molecule has 98 valence electrons. The Hall–Kier alpha value is -1.02. The first-order valence-corrected chi connectivity index (χ1v) is 7.35. The minimum absolute atomic E-state index is 0.736. The molecule has 0 aliphatic carbocycles. The average molecular weight is 244 g/mol. The predicted octanol–water partition coefficient (Wildman–Crippen LogP) is 3.42. The number of rotatable bonds is 2. The zero-order valence-corrected chi connectivity index (χ0v) is 11.6. The Morgan fingerprint density at radius 3 is 2.78 bits per heavy atom. The number of hydrogen-bond acceptors (Lipinski definition) is 2. The van der Waals surface area contributed by atoms with Crippen LogP contribution in [0.25, 0.3) is 0 Å². The summed E-state index contributed by atoms with van der Waals surface area (Å²) in [4.78, 5) is 2.67. The van der Waals surface area contributed by atoms with Gasteiger partial charge in [0.25, 0.3) is 0 Å². The van der Waals surface area contributed by atoms with E-state index in [1.165, 1.54) is 42.5 Å². The Bertz CT molecular complexity index is 417. The number of anilines is 1. The molecule has 0 aromatic heterocycles. The van der Waals surface area contributed by atoms with Crippen LogP contribution in [0.1, 0.15) is 44.2 Å². The lowest BCUT2D eigenvalue weighted by molar-refractivity contribution is 0.0953. The van der Waals surface area contributed by atoms with Gasteiger partial charge in [-0.3, -0.25) is 4.90 Å². The SMILES string of the molecule is CC1CCCC(C)N1Cc1ccc2c(c1)CCN2. The van der Waals surface area contributed by atoms with E-state index in [2.05, 4.69) is 42.3 Å². The molecule has 1 fully saturated rings. The van der Waals surface area contributed by atoms with Gasteiger partial charge in [-0.2, -0.15) is 0 Å². The fourth-order valence-corrected chi connectivity index (χ4v) is 3.45. The summed E-state index contributed by atoms with van der Waals surface area (Å²) < 4.78 is 0. The van der Waals surface area contributed by atoms with Crippen LogP contribution in [0.4, 0.5) is 5.69 Å². The average Bonchev–Trinajstić information content (AvgIpc) is 2.81. The third-order valence-electron chi connectivity index (χ3n) is 4.62. The molecule has 0 saturated carbocycles. The molecule has 1 aromatic carbocycles. The van der Waals surface area contributed by atoms with Gasteiger partial charge in [-0.15, -0.1) is 0 Å². The largest absolute Gasteiger partial charge is 0.384 e. The van der Waals surface area contributed by atoms with Gasteiger partial charge in [0.15, 0.2) is 0 Å². The maximum absolute atomic E-state index is 3.43. The standard InChI is InChI=1S/C16H24N2/c1-12-4-3-5-13(2)18(12)11-14-6-7-16-15(10-14)8-9-17-16/h6-7,10,12-13,17H,3-5,8-9,11H2,1-2H3. The summed E-state index contributed by atoms with van der Waals surface area (Å²) >= 11 is 0. The van der Waals surface area contributed by atoms with E-state index >= 15 is 0 Å². The summed E-state index contributed by atoms with van der Waals surface area (Å²) in [5.74, 6) is 0. The fraction of sp³-hybridized carbons (Fsp3) is 0.625. The van der Waals surface area contributed by atoms with Crippen molar-refractivity contribution < 1.29 is 0 Å². The van der Waals surface area contributed by atoms with E-state index in [9.17, 15) is 0 Å². The summed E-state index contributed by atoms with van der Waals surface area (Å²) in [7, 11) is 0. The van der Waals surface area contributed by atoms with Gasteiger partial charge in [0.05, 0.1) is 0 Å². The second kappa shape index (κ2) is 4.93. The van der Waals surface area contributed by atoms with E-state index in [0.29, 0.717) is 0 Å². The maximum Gasteiger partial charge on any atom is 0.0373 e. The zero-order valence-electron chi connectivity index (χ0n) is 11.6. The van der Waals surface area contributed by atoms with Crippen molar-refractivity contribution in [1.29, 1.82) is 0 Å². The van der Waals surface area contributed by atoms with E-state index < -0.39 is 0 Å². The van der Waals surface area contributed by atoms with Crippen LogP contribution in [0.2, 0.25) is 0 Å². The van der Waals surface area contributed by atoms with Crippen LogP contribution in [-0.2, 0) is 13.0 Å². The van der Waals surface area contributed by atoms with Crippen LogP contribution >= 0.6 is 0 Å². The molecule has 2 heteroatoms. The first-order chi connectivity index (χ1) is 8.74. The van der Waals surface area contributed by atoms with Crippen LogP contribution < -0.4 is 5.32 Å². The molecule has 2 aliphatic rings. The molecular weight excluding hydrogens is 220 g/mol. The lowest BCUT2D eigenvalue weighted by Gasteiger charge is -2.39. The number of likely N-dealkylation sites (tertiary alicyclic amines) is 1. The molecule has 18 heavy (non-hydrogen) atoms. The molecule has 0 radical (unpaired) electrons. The summed E-state index contributed by atoms with van der Waals surface area (Å²) in [6.07, 6.45) is 5.30. The Labute approximate surface area is 110 Å². The molecule has 2 nitrogen and oxygen atoms in total. The van der Waals surface area contributed by atoms with E-state index in [0.717, 1.165) is 25.2 Å². The Morgan fingerprint density at radius 2 is 2.00 bits per heavy atom. The van der Waals surface area contributed by atoms with Gasteiger partial charge in [-0.05, 0) is 50.3 Å². The van der Waals surface area contributed by atoms with Crippen molar-refractivity contribution in [3.63, 3.8) is 0 Å². The molecule has 2 aliphatic heterocycles. The van der Waals surface area contributed by atoms with Crippen LogP contribution in [0.5, 0.6) is 0 Å². The van der Waals surface area contributed by atoms with Crippen LogP contribution in [0.3, 0.4) is 0 Å². The summed E-state index contributed by atoms with van der Waals surface area (Å²) in [6.45, 7) is 6.99. The topological polar surface area (TPSA) is 15.3 Å². The number of hydrogen-bond donors (Lipinski definition) is 1. The lowest BCUT2D eigenvalue weighted by Crippen LogP contribution is -2.42. The summed E-state index contributed by atoms with van der Waals surface area (Å²) in [6, 6.07) is 8.44. The van der Waals surface area contributed by atoms with E-state index in [1.807, 2.05) is 0 Å². The highest BCUT2D eigenvalue weighted by atomic mass is 15.2. The number of benzene rings is 1. The second-order valence-electron chi connectivity index (χ2n) is 5.97. The second-order valence-corrected chi connectivity index (χ2v) is 5.97. The van der Waals surface area contributed by atoms with Gasteiger partial charge in [-0.25, -0.2) is 0 Å². The number of nitrogens with zero attached hydrogens (tertiary/aromatic N) is 1. The van der Waals surface area contributed by atoms with Gasteiger partial charge in [0.2, 0.25) is 0 Å². The fourth-order valence-electron chi connectivity index (χ4n) is 3.45. The Morgan fingerprint density at radius 1 is 1.22 bits per heavy atom. The summed E-state index contributed by atoms with van der Waals surface area (Å²) in [5.41, 5.74) is 4.33. The predicted molar refractivity (Wildman–Crippen MR) is 77.0 cm³/mol. The van der Waals surface area contributed by atoms with Crippen molar-refractivity contribution in [2.24, 2.45) is 0 Å². The van der Waals surface area contributed by atoms with E-state index in [4.69, 9.17) is 0 Å². The third kappa shape index (κ3) is 2.26. The lowest BCUT2D eigenvalue weighted by atomic mass is 9.96. The van der Waals surface area contributed by atoms with Gasteiger partial charge >= 0.3 is 0 Å². The van der Waals surface area contributed by atoms with E-state index in [1.54, 1.807) is 0 Å². The molecule has 2 heterocycles. The van der Waals surface area contributed by atoms with Gasteiger partial charge in [0, 0.05) is 30.9 Å². The van der Waals surface area contributed by atoms with Crippen molar-refractivity contribution in [2.75, 3.05) is 11.9 Å². The number of nitrogens with one attached hydrogen (secondary N) is 1. The normalized spacial score (nSPS) is 27.9. The highest BCUT2D eigenvalue weighted by Crippen LogP contribution is 2.27. The number of fused-ring (bicyclic) bond motifs is 1. The molecular formula is C16H24N2. The van der Waals surface area contributed by atoms with Crippen LogP contribution in [0.15, 0.2) is 18.2 Å². The maximum atomic E-state index is 3.43. The van der Waals surface area contributed by atoms with Crippen molar-refractivity contribution in [1.82, 2.24) is 4.90 Å². The van der Waals surface area contributed by atoms with Crippen molar-refractivity contribution in [3.05, 3.63) is 29.3 Å². The highest BCUT2D eigenvalue weighted by Gasteiger charge is 2.24. The van der Waals surface area contributed by atoms with Gasteiger partial charge in [-0.1, -0.05) is 18.6 Å². The molecule has 1 N–H and O–H groups in total. The summed E-state index contributed by atoms with van der Waals surface area (Å²) in [5, 5.41) is 3.43. The van der Waals surface area contributed by atoms with Gasteiger partial charge < -0.3 is 5.32 Å². The first kappa shape index (κ1) is 12.0. The van der Waals surface area contributed by atoms with Crippen LogP contribution in [-0.4, -0.2) is 23.5 Å². The molecule has 3 rings (SSSR count). The molecule has 0 bridgehead atoms. The van der Waals surface area contributed by atoms with E-state index in [-0.39, 0.29) is 0 Å². The Kier molecular flexibility index (Phi) is 3.29. The van der Waals surface area contributed by atoms with Crippen molar-refractivity contribution in [2.45, 2.75) is 58.2 Å². The third-order valence-corrected chi connectivity index (χ3v) is 4.62. The smallest absolute Gasteiger partial charge is 0.0373 e. The Balaban J connectivity index is 1.75. The number of piperidine rings is 1. The molecule has 0 amide bonds. The minimum atomic E-state index is 0.736. The molecule has 1 aromatic rings. The minimum Gasteiger partial charge on any atom is -0.384 e. The highest BCUT2D eigenvalue weighted by molar-refractivity contribution is 5.56. The quantitative estimate of drug-likeness (QED) is 0.857. The molecule has 2 unspecified atom stereocenters. The monoisotopic (exact) mass is 244 g/mol.